The van der Waals surface area contributed by atoms with E-state index in [1.165, 1.54) is 38.5 Å². The van der Waals surface area contributed by atoms with Crippen molar-refractivity contribution in [3.05, 3.63) is 0 Å². The molecule has 0 amide bonds. The first kappa shape index (κ1) is 16.4. The standard InChI is InChI=1S/C13H27BrO2/c1-2-10-15-12-13-16-11-8-6-4-3-5-7-9-14/h2-13H2,1H3. The smallest absolute Gasteiger partial charge is 0.0700 e. The maximum Gasteiger partial charge on any atom is 0.0700 e. The number of unbranched alkanes of at least 4 members (excludes halogenated alkanes) is 5. The summed E-state index contributed by atoms with van der Waals surface area (Å²) in [5.41, 5.74) is 0. The largest absolute Gasteiger partial charge is 0.379 e. The van der Waals surface area contributed by atoms with Crippen molar-refractivity contribution in [2.75, 3.05) is 31.8 Å². The Balaban J connectivity index is 2.83. The molecule has 0 saturated heterocycles. The van der Waals surface area contributed by atoms with Crippen LogP contribution in [0.2, 0.25) is 0 Å². The predicted octanol–water partition coefficient (Wildman–Crippen LogP) is 4.17. The molecular formula is C13H27BrO2. The van der Waals surface area contributed by atoms with Crippen LogP contribution < -0.4 is 0 Å². The maximum atomic E-state index is 5.48. The Bertz CT molecular complexity index is 107. The van der Waals surface area contributed by atoms with E-state index in [-0.39, 0.29) is 0 Å². The summed E-state index contributed by atoms with van der Waals surface area (Å²) in [6.45, 7) is 5.38. The quantitative estimate of drug-likeness (QED) is 0.375. The van der Waals surface area contributed by atoms with E-state index in [1.54, 1.807) is 0 Å². The van der Waals surface area contributed by atoms with Gasteiger partial charge < -0.3 is 9.47 Å². The second-order valence-corrected chi connectivity index (χ2v) is 4.83. The number of rotatable bonds is 13. The fourth-order valence-electron chi connectivity index (χ4n) is 1.47. The van der Waals surface area contributed by atoms with Crippen LogP contribution in [0.1, 0.15) is 51.9 Å². The SMILES string of the molecule is CCCOCCOCCCCCCCCBr. The molecule has 3 heteroatoms. The summed E-state index contributed by atoms with van der Waals surface area (Å²) >= 11 is 3.45. The van der Waals surface area contributed by atoms with E-state index in [1.807, 2.05) is 0 Å². The number of halogens is 1. The van der Waals surface area contributed by atoms with Gasteiger partial charge in [0, 0.05) is 18.5 Å². The molecule has 0 aromatic rings. The van der Waals surface area contributed by atoms with Crippen LogP contribution in [-0.2, 0) is 9.47 Å². The van der Waals surface area contributed by atoms with Gasteiger partial charge in [-0.25, -0.2) is 0 Å². The fourth-order valence-corrected chi connectivity index (χ4v) is 1.87. The highest BCUT2D eigenvalue weighted by molar-refractivity contribution is 9.09. The van der Waals surface area contributed by atoms with Crippen LogP contribution >= 0.6 is 15.9 Å². The van der Waals surface area contributed by atoms with Crippen molar-refractivity contribution in [3.63, 3.8) is 0 Å². The third-order valence-electron chi connectivity index (χ3n) is 2.39. The fraction of sp³-hybridized carbons (Fsp3) is 1.00. The Hall–Kier alpha value is 0.400. The summed E-state index contributed by atoms with van der Waals surface area (Å²) in [6.07, 6.45) is 8.98. The summed E-state index contributed by atoms with van der Waals surface area (Å²) in [5.74, 6) is 0. The van der Waals surface area contributed by atoms with E-state index in [9.17, 15) is 0 Å². The van der Waals surface area contributed by atoms with Gasteiger partial charge in [-0.15, -0.1) is 0 Å². The van der Waals surface area contributed by atoms with Gasteiger partial charge in [-0.3, -0.25) is 0 Å². The number of hydrogen-bond donors (Lipinski definition) is 0. The zero-order valence-electron chi connectivity index (χ0n) is 10.7. The molecule has 0 aromatic heterocycles. The lowest BCUT2D eigenvalue weighted by molar-refractivity contribution is 0.0465. The van der Waals surface area contributed by atoms with Crippen molar-refractivity contribution in [2.24, 2.45) is 0 Å². The molecule has 0 unspecified atom stereocenters. The number of alkyl halides is 1. The van der Waals surface area contributed by atoms with Gasteiger partial charge in [-0.1, -0.05) is 48.5 Å². The maximum absolute atomic E-state index is 5.48. The second-order valence-electron chi connectivity index (χ2n) is 4.04. The molecule has 0 spiro atoms. The molecule has 0 rings (SSSR count). The molecule has 0 radical (unpaired) electrons. The number of hydrogen-bond acceptors (Lipinski definition) is 2. The molecule has 0 bridgehead atoms. The van der Waals surface area contributed by atoms with Gasteiger partial charge >= 0.3 is 0 Å². The average Bonchev–Trinajstić information content (AvgIpc) is 2.31. The molecule has 0 saturated carbocycles. The first-order valence-electron chi connectivity index (χ1n) is 6.63. The molecule has 0 aliphatic carbocycles. The molecular weight excluding hydrogens is 268 g/mol. The van der Waals surface area contributed by atoms with Crippen molar-refractivity contribution in [1.82, 2.24) is 0 Å². The molecule has 0 fully saturated rings. The lowest BCUT2D eigenvalue weighted by Gasteiger charge is -2.04. The third kappa shape index (κ3) is 14.4. The van der Waals surface area contributed by atoms with Gasteiger partial charge in [-0.2, -0.15) is 0 Å². The summed E-state index contributed by atoms with van der Waals surface area (Å²) in [7, 11) is 0. The van der Waals surface area contributed by atoms with Crippen molar-refractivity contribution in [3.8, 4) is 0 Å². The van der Waals surface area contributed by atoms with Crippen molar-refractivity contribution < 1.29 is 9.47 Å². The van der Waals surface area contributed by atoms with Crippen LogP contribution in [0.15, 0.2) is 0 Å². The van der Waals surface area contributed by atoms with Crippen molar-refractivity contribution >= 4 is 15.9 Å². The molecule has 0 aliphatic rings. The minimum Gasteiger partial charge on any atom is -0.379 e. The predicted molar refractivity (Wildman–Crippen MR) is 73.4 cm³/mol. The summed E-state index contributed by atoms with van der Waals surface area (Å²) < 4.78 is 10.8. The van der Waals surface area contributed by atoms with Crippen molar-refractivity contribution in [2.45, 2.75) is 51.9 Å². The topological polar surface area (TPSA) is 18.5 Å². The van der Waals surface area contributed by atoms with Gasteiger partial charge in [0.2, 0.25) is 0 Å². The normalized spacial score (nSPS) is 10.9. The first-order valence-corrected chi connectivity index (χ1v) is 7.75. The Kier molecular flexibility index (Phi) is 15.8. The molecule has 0 heterocycles. The highest BCUT2D eigenvalue weighted by Crippen LogP contribution is 2.06. The van der Waals surface area contributed by atoms with Gasteiger partial charge in [-0.05, 0) is 19.3 Å². The van der Waals surface area contributed by atoms with E-state index >= 15 is 0 Å². The van der Waals surface area contributed by atoms with E-state index in [2.05, 4.69) is 22.9 Å². The van der Waals surface area contributed by atoms with Crippen LogP contribution in [0, 0.1) is 0 Å². The highest BCUT2D eigenvalue weighted by Gasteiger charge is 1.92. The van der Waals surface area contributed by atoms with E-state index in [0.717, 1.165) is 38.2 Å². The molecule has 2 nitrogen and oxygen atoms in total. The highest BCUT2D eigenvalue weighted by atomic mass is 79.9. The molecule has 0 aliphatic heterocycles. The third-order valence-corrected chi connectivity index (χ3v) is 2.95. The van der Waals surface area contributed by atoms with E-state index in [4.69, 9.17) is 9.47 Å². The average molecular weight is 295 g/mol. The zero-order chi connectivity index (χ0) is 11.9. The number of ether oxygens (including phenoxy) is 2. The van der Waals surface area contributed by atoms with Gasteiger partial charge in [0.15, 0.2) is 0 Å². The lowest BCUT2D eigenvalue weighted by Crippen LogP contribution is -2.05. The van der Waals surface area contributed by atoms with Crippen LogP contribution in [0.3, 0.4) is 0 Å². The molecule has 0 atom stereocenters. The first-order chi connectivity index (χ1) is 7.91. The summed E-state index contributed by atoms with van der Waals surface area (Å²) in [5, 5.41) is 1.15. The van der Waals surface area contributed by atoms with E-state index < -0.39 is 0 Å². The minimum atomic E-state index is 0.749. The Labute approximate surface area is 109 Å². The lowest BCUT2D eigenvalue weighted by atomic mass is 10.1. The van der Waals surface area contributed by atoms with Gasteiger partial charge in [0.1, 0.15) is 0 Å². The van der Waals surface area contributed by atoms with E-state index in [0.29, 0.717) is 0 Å². The zero-order valence-corrected chi connectivity index (χ0v) is 12.3. The Morgan fingerprint density at radius 3 is 1.88 bits per heavy atom. The second kappa shape index (κ2) is 15.4. The van der Waals surface area contributed by atoms with Gasteiger partial charge in [0.05, 0.1) is 13.2 Å². The van der Waals surface area contributed by atoms with Crippen LogP contribution in [0.25, 0.3) is 0 Å². The summed E-state index contributed by atoms with van der Waals surface area (Å²) in [6, 6.07) is 0. The summed E-state index contributed by atoms with van der Waals surface area (Å²) in [4.78, 5) is 0. The minimum absolute atomic E-state index is 0.749. The Morgan fingerprint density at radius 1 is 0.688 bits per heavy atom. The van der Waals surface area contributed by atoms with Crippen LogP contribution in [0.4, 0.5) is 0 Å². The van der Waals surface area contributed by atoms with Crippen LogP contribution in [0.5, 0.6) is 0 Å². The van der Waals surface area contributed by atoms with Gasteiger partial charge in [0.25, 0.3) is 0 Å². The Morgan fingerprint density at radius 2 is 1.25 bits per heavy atom. The molecule has 0 aromatic carbocycles. The molecule has 98 valence electrons. The van der Waals surface area contributed by atoms with Crippen molar-refractivity contribution in [1.29, 1.82) is 0 Å². The monoisotopic (exact) mass is 294 g/mol. The van der Waals surface area contributed by atoms with Crippen LogP contribution in [-0.4, -0.2) is 31.8 Å². The molecule has 0 N–H and O–H groups in total. The molecule has 16 heavy (non-hydrogen) atoms.